The lowest BCUT2D eigenvalue weighted by Crippen LogP contribution is -2.54. The molecule has 1 aromatic rings. The number of aryl methyl sites for hydroxylation is 1. The van der Waals surface area contributed by atoms with Gasteiger partial charge in [-0.05, 0) is 69.0 Å². The third-order valence-electron chi connectivity index (χ3n) is 12.3. The number of carbonyl (C=O) groups is 4. The Morgan fingerprint density at radius 1 is 0.930 bits per heavy atom. The van der Waals surface area contributed by atoms with Gasteiger partial charge < -0.3 is 29.2 Å². The summed E-state index contributed by atoms with van der Waals surface area (Å²) in [6.45, 7) is 17.6. The van der Waals surface area contributed by atoms with E-state index in [4.69, 9.17) is 14.2 Å². The first-order valence-electron chi connectivity index (χ1n) is 20.6. The summed E-state index contributed by atoms with van der Waals surface area (Å²) in [6, 6.07) is 2.92. The first-order chi connectivity index (χ1) is 26.7. The van der Waals surface area contributed by atoms with E-state index in [1.54, 1.807) is 57.9 Å². The van der Waals surface area contributed by atoms with Crippen molar-refractivity contribution in [1.82, 2.24) is 14.7 Å². The van der Waals surface area contributed by atoms with Gasteiger partial charge in [-0.25, -0.2) is 4.39 Å². The van der Waals surface area contributed by atoms with Gasteiger partial charge in [-0.2, -0.15) is 0 Å². The van der Waals surface area contributed by atoms with Gasteiger partial charge in [0.2, 0.25) is 11.8 Å². The molecular weight excluding hydrogens is 732 g/mol. The average Bonchev–Trinajstić information content (AvgIpc) is 3.58. The molecule has 57 heavy (non-hydrogen) atoms. The minimum absolute atomic E-state index is 0.0273. The Balaban J connectivity index is 2.36. The summed E-state index contributed by atoms with van der Waals surface area (Å²) in [5, 5.41) is 13.4. The highest BCUT2D eigenvalue weighted by atomic mass is 19.1. The number of hydrogen-bond acceptors (Lipinski definition) is 10. The molecular formula is C44H73FN4O8. The highest BCUT2D eigenvalue weighted by Gasteiger charge is 2.46. The largest absolute Gasteiger partial charge is 0.411 e. The van der Waals surface area contributed by atoms with E-state index < -0.39 is 47.9 Å². The second-order valence-corrected chi connectivity index (χ2v) is 17.2. The van der Waals surface area contributed by atoms with Crippen LogP contribution < -0.4 is 0 Å². The predicted molar refractivity (Wildman–Crippen MR) is 221 cm³/mol. The fourth-order valence-corrected chi connectivity index (χ4v) is 8.87. The van der Waals surface area contributed by atoms with Crippen LogP contribution >= 0.6 is 0 Å². The van der Waals surface area contributed by atoms with Crippen LogP contribution in [0.2, 0.25) is 0 Å². The van der Waals surface area contributed by atoms with Crippen molar-refractivity contribution >= 4 is 29.1 Å². The Kier molecular flexibility index (Phi) is 19.9. The van der Waals surface area contributed by atoms with Crippen molar-refractivity contribution in [2.75, 3.05) is 49.0 Å². The van der Waals surface area contributed by atoms with Gasteiger partial charge in [0.05, 0.1) is 48.6 Å². The number of hydrogen-bond donors (Lipinski definition) is 1. The van der Waals surface area contributed by atoms with Crippen LogP contribution in [0.25, 0.3) is 0 Å². The molecule has 1 heterocycles. The molecule has 1 aliphatic rings. The summed E-state index contributed by atoms with van der Waals surface area (Å²) < 4.78 is 31.6. The minimum Gasteiger partial charge on any atom is -0.411 e. The Labute approximate surface area is 341 Å². The van der Waals surface area contributed by atoms with Gasteiger partial charge in [-0.1, -0.05) is 67.0 Å². The number of carbonyl (C=O) groups excluding carboxylic acids is 4. The zero-order valence-corrected chi connectivity index (χ0v) is 37.4. The van der Waals surface area contributed by atoms with Crippen molar-refractivity contribution in [3.05, 3.63) is 35.1 Å². The second-order valence-electron chi connectivity index (χ2n) is 17.2. The lowest BCUT2D eigenvalue weighted by Gasteiger charge is -2.41. The number of benzene rings is 1. The minimum atomic E-state index is -0.673. The zero-order chi connectivity index (χ0) is 43.5. The average molecular weight is 805 g/mol. The molecule has 0 aromatic heterocycles. The third-order valence-corrected chi connectivity index (χ3v) is 12.3. The van der Waals surface area contributed by atoms with Gasteiger partial charge in [0.15, 0.2) is 5.78 Å². The standard InChI is InChI=1S/C44H73FN4O8/c1-16-27(6)42(48(12)44(53)34(25(2)3)22-37(51)41(26(4)5)47(10)11)38(56-14)23-39(52)49-24-32(55-13)21-35(49)43(57-15)30(9)36(50)20-29(8)40(46-54)33-18-17-31(45)19-28(33)7/h17-19,25-27,29-30,32,34-35,38,41-43,54H,16,20-24H2,1-15H3/t27-,29-,30-,32+,34-,35?,38+,41-,42-,43+/m0/s1. The lowest BCUT2D eigenvalue weighted by molar-refractivity contribution is -0.149. The van der Waals surface area contributed by atoms with Gasteiger partial charge in [0, 0.05) is 71.1 Å². The van der Waals surface area contributed by atoms with Crippen LogP contribution in [0.1, 0.15) is 98.6 Å². The molecule has 13 heteroatoms. The van der Waals surface area contributed by atoms with Crippen molar-refractivity contribution < 1.29 is 43.0 Å². The number of likely N-dealkylation sites (N-methyl/N-ethyl adjacent to an activating group) is 2. The smallest absolute Gasteiger partial charge is 0.226 e. The summed E-state index contributed by atoms with van der Waals surface area (Å²) in [5.41, 5.74) is 1.42. The van der Waals surface area contributed by atoms with Gasteiger partial charge in [0.25, 0.3) is 0 Å². The summed E-state index contributed by atoms with van der Waals surface area (Å²) in [6.07, 6.45) is -0.325. The summed E-state index contributed by atoms with van der Waals surface area (Å²) >= 11 is 0. The SMILES string of the molecule is CC[C@H](C)[C@@H]([C@@H](CC(=O)N1C[C@H](OC)CC1[C@H](OC)[C@@H](C)C(=O)C[C@H](C)C(=NO)c1ccc(F)cc1C)OC)N(C)C(=O)[C@@H](CC(=O)[C@H](C(C)C)N(C)C)C(C)C. The Morgan fingerprint density at radius 3 is 2.04 bits per heavy atom. The molecule has 1 N–H and O–H groups in total. The van der Waals surface area contributed by atoms with Crippen molar-refractivity contribution in [2.45, 2.75) is 131 Å². The zero-order valence-electron chi connectivity index (χ0n) is 37.4. The van der Waals surface area contributed by atoms with E-state index in [2.05, 4.69) is 5.16 Å². The predicted octanol–water partition coefficient (Wildman–Crippen LogP) is 6.27. The number of Topliss-reactive ketones (excluding diaryl/α,β-unsaturated/α-hetero) is 2. The number of amides is 2. The molecule has 2 amide bonds. The van der Waals surface area contributed by atoms with Crippen molar-refractivity contribution in [3.8, 4) is 0 Å². The lowest BCUT2D eigenvalue weighted by atomic mass is 9.83. The third kappa shape index (κ3) is 12.6. The fourth-order valence-electron chi connectivity index (χ4n) is 8.87. The van der Waals surface area contributed by atoms with Crippen LogP contribution in [0, 0.1) is 48.2 Å². The van der Waals surface area contributed by atoms with Crippen molar-refractivity contribution in [1.29, 1.82) is 0 Å². The quantitative estimate of drug-likeness (QED) is 0.0771. The molecule has 2 rings (SSSR count). The Hall–Kier alpha value is -3.26. The number of likely N-dealkylation sites (tertiary alicyclic amines) is 1. The molecule has 1 aromatic carbocycles. The molecule has 10 atom stereocenters. The van der Waals surface area contributed by atoms with Gasteiger partial charge in [-0.15, -0.1) is 0 Å². The van der Waals surface area contributed by atoms with Crippen LogP contribution in [-0.2, 0) is 33.4 Å². The van der Waals surface area contributed by atoms with E-state index in [-0.39, 0.29) is 78.3 Å². The number of nitrogens with zero attached hydrogens (tertiary/aromatic N) is 4. The molecule has 1 saturated heterocycles. The second kappa shape index (κ2) is 22.8. The number of oxime groups is 1. The van der Waals surface area contributed by atoms with Gasteiger partial charge in [0.1, 0.15) is 11.6 Å². The van der Waals surface area contributed by atoms with E-state index >= 15 is 0 Å². The van der Waals surface area contributed by atoms with Crippen molar-refractivity contribution in [2.24, 2.45) is 40.7 Å². The number of methoxy groups -OCH3 is 3. The molecule has 324 valence electrons. The molecule has 1 fully saturated rings. The van der Waals surface area contributed by atoms with Crippen molar-refractivity contribution in [3.63, 3.8) is 0 Å². The topological polar surface area (TPSA) is 138 Å². The summed E-state index contributed by atoms with van der Waals surface area (Å²) in [7, 11) is 10.2. The maximum Gasteiger partial charge on any atom is 0.226 e. The monoisotopic (exact) mass is 805 g/mol. The van der Waals surface area contributed by atoms with Gasteiger partial charge >= 0.3 is 0 Å². The molecule has 12 nitrogen and oxygen atoms in total. The Morgan fingerprint density at radius 2 is 1.56 bits per heavy atom. The van der Waals surface area contributed by atoms with Crippen LogP contribution in [0.3, 0.4) is 0 Å². The van der Waals surface area contributed by atoms with E-state index in [1.165, 1.54) is 19.2 Å². The molecule has 0 aliphatic carbocycles. The first kappa shape index (κ1) is 49.9. The van der Waals surface area contributed by atoms with E-state index in [0.29, 0.717) is 24.1 Å². The van der Waals surface area contributed by atoms with Gasteiger partial charge in [-0.3, -0.25) is 24.1 Å². The van der Waals surface area contributed by atoms with Crippen LogP contribution in [0.15, 0.2) is 23.4 Å². The maximum absolute atomic E-state index is 14.4. The molecule has 0 bridgehead atoms. The highest BCUT2D eigenvalue weighted by Crippen LogP contribution is 2.33. The van der Waals surface area contributed by atoms with Crippen LogP contribution in [-0.4, -0.2) is 134 Å². The van der Waals surface area contributed by atoms with Crippen LogP contribution in [0.5, 0.6) is 0 Å². The highest BCUT2D eigenvalue weighted by molar-refractivity contribution is 6.04. The first-order valence-corrected chi connectivity index (χ1v) is 20.6. The number of ether oxygens (including phenoxy) is 3. The Bertz CT molecular complexity index is 1510. The summed E-state index contributed by atoms with van der Waals surface area (Å²) in [4.78, 5) is 61.6. The molecule has 0 radical (unpaired) electrons. The van der Waals surface area contributed by atoms with E-state index in [0.717, 1.165) is 6.42 Å². The molecule has 0 spiro atoms. The maximum atomic E-state index is 14.4. The van der Waals surface area contributed by atoms with E-state index in [9.17, 15) is 28.8 Å². The molecule has 1 unspecified atom stereocenters. The normalized spacial score (nSPS) is 20.6. The van der Waals surface area contributed by atoms with Crippen LogP contribution in [0.4, 0.5) is 4.39 Å². The summed E-state index contributed by atoms with van der Waals surface area (Å²) in [5.74, 6) is -2.60. The van der Waals surface area contributed by atoms with E-state index in [1.807, 2.05) is 60.5 Å². The molecule has 1 aliphatic heterocycles. The molecule has 0 saturated carbocycles. The number of rotatable bonds is 23. The number of ketones is 2. The fraction of sp³-hybridized carbons (Fsp3) is 0.750. The number of halogens is 1.